The van der Waals surface area contributed by atoms with E-state index in [9.17, 15) is 16.8 Å². The minimum Gasteiger partial charge on any atom is -0.305 e. The van der Waals surface area contributed by atoms with Gasteiger partial charge in [0.2, 0.25) is 0 Å². The Labute approximate surface area is 173 Å². The van der Waals surface area contributed by atoms with Gasteiger partial charge < -0.3 is 5.32 Å². The molecule has 0 bridgehead atoms. The minimum absolute atomic E-state index is 0.143. The Morgan fingerprint density at radius 2 is 1.66 bits per heavy atom. The van der Waals surface area contributed by atoms with Crippen LogP contribution in [0.5, 0.6) is 0 Å². The highest BCUT2D eigenvalue weighted by atomic mass is 32.2. The van der Waals surface area contributed by atoms with E-state index in [1.165, 1.54) is 5.56 Å². The van der Waals surface area contributed by atoms with E-state index in [2.05, 4.69) is 5.32 Å². The summed E-state index contributed by atoms with van der Waals surface area (Å²) in [6.45, 7) is 1.93. The highest BCUT2D eigenvalue weighted by Gasteiger charge is 2.46. The monoisotopic (exact) mass is 433 g/mol. The van der Waals surface area contributed by atoms with Crippen LogP contribution in [0.25, 0.3) is 0 Å². The molecule has 5 nitrogen and oxygen atoms in total. The van der Waals surface area contributed by atoms with Gasteiger partial charge in [0.25, 0.3) is 0 Å². The highest BCUT2D eigenvalue weighted by molar-refractivity contribution is 7.96. The SMILES string of the molecule is CC(N[C@H]1CS(=O)(=O)C[C@@H]1S(=O)(=O)c1ccc2c(c1)CCCC2)c1ccccc1. The number of benzene rings is 2. The molecule has 156 valence electrons. The van der Waals surface area contributed by atoms with E-state index in [4.69, 9.17) is 0 Å². The van der Waals surface area contributed by atoms with Crippen molar-refractivity contribution in [1.82, 2.24) is 5.32 Å². The lowest BCUT2D eigenvalue weighted by Crippen LogP contribution is -2.44. The van der Waals surface area contributed by atoms with Crippen LogP contribution in [0, 0.1) is 0 Å². The van der Waals surface area contributed by atoms with Crippen molar-refractivity contribution in [3.8, 4) is 0 Å². The first-order valence-corrected chi connectivity index (χ1v) is 13.5. The Morgan fingerprint density at radius 3 is 2.38 bits per heavy atom. The van der Waals surface area contributed by atoms with Crippen molar-refractivity contribution in [3.63, 3.8) is 0 Å². The van der Waals surface area contributed by atoms with Crippen LogP contribution in [-0.2, 0) is 32.5 Å². The van der Waals surface area contributed by atoms with Crippen LogP contribution < -0.4 is 5.32 Å². The quantitative estimate of drug-likeness (QED) is 0.784. The van der Waals surface area contributed by atoms with Crippen molar-refractivity contribution in [2.75, 3.05) is 11.5 Å². The molecular formula is C22H27NO4S2. The molecule has 1 N–H and O–H groups in total. The molecule has 1 aliphatic carbocycles. The summed E-state index contributed by atoms with van der Waals surface area (Å²) in [6.07, 6.45) is 4.05. The standard InChI is InChI=1S/C22H27NO4S2/c1-16(17-7-3-2-4-8-17)23-21-14-28(24,25)15-22(21)29(26,27)20-12-11-18-9-5-6-10-19(18)13-20/h2-4,7-8,11-13,16,21-23H,5-6,9-10,14-15H2,1H3/t16?,21-,22-/m0/s1. The number of hydrogen-bond donors (Lipinski definition) is 1. The summed E-state index contributed by atoms with van der Waals surface area (Å²) in [7, 11) is -7.18. The van der Waals surface area contributed by atoms with Crippen LogP contribution >= 0.6 is 0 Å². The van der Waals surface area contributed by atoms with E-state index in [0.717, 1.165) is 36.8 Å². The average molecular weight is 434 g/mol. The lowest BCUT2D eigenvalue weighted by Gasteiger charge is -2.25. The van der Waals surface area contributed by atoms with Gasteiger partial charge in [-0.3, -0.25) is 0 Å². The van der Waals surface area contributed by atoms with Gasteiger partial charge in [-0.1, -0.05) is 36.4 Å². The normalized spacial score (nSPS) is 24.7. The Balaban J connectivity index is 1.63. The molecule has 3 atom stereocenters. The molecular weight excluding hydrogens is 406 g/mol. The second-order valence-electron chi connectivity index (χ2n) is 8.20. The number of nitrogens with one attached hydrogen (secondary N) is 1. The lowest BCUT2D eigenvalue weighted by atomic mass is 9.92. The maximum Gasteiger partial charge on any atom is 0.183 e. The molecule has 0 amide bonds. The fourth-order valence-corrected chi connectivity index (χ4v) is 9.22. The number of aryl methyl sites for hydroxylation is 2. The van der Waals surface area contributed by atoms with Gasteiger partial charge in [-0.25, -0.2) is 16.8 Å². The zero-order valence-corrected chi connectivity index (χ0v) is 18.2. The van der Waals surface area contributed by atoms with Crippen molar-refractivity contribution < 1.29 is 16.8 Å². The maximum atomic E-state index is 13.4. The molecule has 1 saturated heterocycles. The molecule has 2 aromatic rings. The van der Waals surface area contributed by atoms with Gasteiger partial charge >= 0.3 is 0 Å². The van der Waals surface area contributed by atoms with Crippen molar-refractivity contribution >= 4 is 19.7 Å². The Morgan fingerprint density at radius 1 is 0.966 bits per heavy atom. The Kier molecular flexibility index (Phi) is 5.57. The zero-order chi connectivity index (χ0) is 20.6. The van der Waals surface area contributed by atoms with Crippen molar-refractivity contribution in [2.45, 2.75) is 54.8 Å². The van der Waals surface area contributed by atoms with Gasteiger partial charge in [0, 0.05) is 12.1 Å². The van der Waals surface area contributed by atoms with Gasteiger partial charge in [0.1, 0.15) is 0 Å². The molecule has 0 spiro atoms. The van der Waals surface area contributed by atoms with Gasteiger partial charge in [0.15, 0.2) is 19.7 Å². The summed E-state index contributed by atoms with van der Waals surface area (Å²) in [5.41, 5.74) is 3.30. The van der Waals surface area contributed by atoms with Crippen molar-refractivity contribution in [3.05, 3.63) is 65.2 Å². The molecule has 1 fully saturated rings. The van der Waals surface area contributed by atoms with Crippen molar-refractivity contribution in [1.29, 1.82) is 0 Å². The van der Waals surface area contributed by atoms with Gasteiger partial charge in [-0.15, -0.1) is 0 Å². The van der Waals surface area contributed by atoms with Gasteiger partial charge in [-0.2, -0.15) is 0 Å². The van der Waals surface area contributed by atoms with E-state index in [1.807, 2.05) is 43.3 Å². The largest absolute Gasteiger partial charge is 0.305 e. The zero-order valence-electron chi connectivity index (χ0n) is 16.5. The topological polar surface area (TPSA) is 80.3 Å². The highest BCUT2D eigenvalue weighted by Crippen LogP contribution is 2.30. The summed E-state index contributed by atoms with van der Waals surface area (Å²) in [5, 5.41) is 2.31. The van der Waals surface area contributed by atoms with Crippen LogP contribution in [0.2, 0.25) is 0 Å². The second-order valence-corrected chi connectivity index (χ2v) is 12.5. The minimum atomic E-state index is -3.76. The van der Waals surface area contributed by atoms with Crippen LogP contribution in [0.1, 0.15) is 42.5 Å². The van der Waals surface area contributed by atoms with Crippen LogP contribution in [0.15, 0.2) is 53.4 Å². The number of rotatable bonds is 5. The van der Waals surface area contributed by atoms with Crippen molar-refractivity contribution in [2.24, 2.45) is 0 Å². The van der Waals surface area contributed by atoms with Crippen LogP contribution in [0.4, 0.5) is 0 Å². The van der Waals surface area contributed by atoms with Gasteiger partial charge in [-0.05, 0) is 61.4 Å². The first kappa shape index (κ1) is 20.6. The number of fused-ring (bicyclic) bond motifs is 1. The summed E-state index contributed by atoms with van der Waals surface area (Å²) < 4.78 is 51.6. The molecule has 1 heterocycles. The molecule has 0 aromatic heterocycles. The molecule has 7 heteroatoms. The molecule has 2 aromatic carbocycles. The average Bonchev–Trinajstić information content (AvgIpc) is 3.03. The van der Waals surface area contributed by atoms with E-state index in [-0.39, 0.29) is 22.4 Å². The molecule has 0 saturated carbocycles. The predicted octanol–water partition coefficient (Wildman–Crippen LogP) is 2.86. The van der Waals surface area contributed by atoms with E-state index >= 15 is 0 Å². The summed E-state index contributed by atoms with van der Waals surface area (Å²) >= 11 is 0. The molecule has 2 aliphatic rings. The van der Waals surface area contributed by atoms with E-state index in [0.29, 0.717) is 0 Å². The fourth-order valence-electron chi connectivity index (χ4n) is 4.50. The lowest BCUT2D eigenvalue weighted by molar-refractivity contribution is 0.475. The molecule has 0 radical (unpaired) electrons. The van der Waals surface area contributed by atoms with Gasteiger partial charge in [0.05, 0.1) is 21.7 Å². The first-order valence-electron chi connectivity index (χ1n) is 10.1. The third kappa shape index (κ3) is 4.27. The predicted molar refractivity (Wildman–Crippen MR) is 114 cm³/mol. The maximum absolute atomic E-state index is 13.4. The fraction of sp³-hybridized carbons (Fsp3) is 0.455. The third-order valence-corrected chi connectivity index (χ3v) is 10.3. The summed E-state index contributed by atoms with van der Waals surface area (Å²) in [5.74, 6) is -0.482. The summed E-state index contributed by atoms with van der Waals surface area (Å²) in [4.78, 5) is 0.249. The third-order valence-electron chi connectivity index (χ3n) is 6.11. The van der Waals surface area contributed by atoms with E-state index in [1.54, 1.807) is 12.1 Å². The van der Waals surface area contributed by atoms with Crippen LogP contribution in [0.3, 0.4) is 0 Å². The smallest absolute Gasteiger partial charge is 0.183 e. The molecule has 29 heavy (non-hydrogen) atoms. The molecule has 4 rings (SSSR count). The Bertz CT molecular complexity index is 1090. The number of hydrogen-bond acceptors (Lipinski definition) is 5. The second kappa shape index (κ2) is 7.85. The number of sulfone groups is 2. The summed E-state index contributed by atoms with van der Waals surface area (Å²) in [6, 6.07) is 14.2. The van der Waals surface area contributed by atoms with E-state index < -0.39 is 31.0 Å². The molecule has 1 aliphatic heterocycles. The van der Waals surface area contributed by atoms with Crippen LogP contribution in [-0.4, -0.2) is 39.6 Å². The molecule has 1 unspecified atom stereocenters. The Hall–Kier alpha value is -1.70. The first-order chi connectivity index (χ1) is 13.8.